The fraction of sp³-hybridized carbons (Fsp3) is 0.500. The van der Waals surface area contributed by atoms with Crippen LogP contribution in [0.4, 0.5) is 0 Å². The molecule has 0 aliphatic carbocycles. The average molecular weight is 191 g/mol. The van der Waals surface area contributed by atoms with Crippen LogP contribution in [0.15, 0.2) is 16.9 Å². The van der Waals surface area contributed by atoms with Crippen molar-refractivity contribution in [1.29, 1.82) is 0 Å². The van der Waals surface area contributed by atoms with E-state index in [4.69, 9.17) is 4.42 Å². The lowest BCUT2D eigenvalue weighted by Crippen LogP contribution is -2.09. The minimum atomic E-state index is -4.08. The van der Waals surface area contributed by atoms with Gasteiger partial charge in [-0.05, 0) is 6.42 Å². The van der Waals surface area contributed by atoms with Crippen molar-refractivity contribution in [3.05, 3.63) is 18.4 Å². The topological polar surface area (TPSA) is 84.5 Å². The summed E-state index contributed by atoms with van der Waals surface area (Å²) in [6.07, 6.45) is 3.78. The molecular formula is C6H9NO4S. The van der Waals surface area contributed by atoms with Crippen LogP contribution in [-0.2, 0) is 16.5 Å². The van der Waals surface area contributed by atoms with Gasteiger partial charge >= 0.3 is 5.89 Å². The zero-order valence-electron chi connectivity index (χ0n) is 6.32. The molecule has 0 aliphatic heterocycles. The maximum absolute atomic E-state index is 10.2. The third kappa shape index (κ3) is 3.49. The summed E-state index contributed by atoms with van der Waals surface area (Å²) in [5, 5.41) is 0. The lowest BCUT2D eigenvalue weighted by atomic mass is 10.3. The Morgan fingerprint density at radius 1 is 1.58 bits per heavy atom. The van der Waals surface area contributed by atoms with Gasteiger partial charge in [0, 0.05) is 5.75 Å². The molecular weight excluding hydrogens is 182 g/mol. The van der Waals surface area contributed by atoms with E-state index in [0.717, 1.165) is 0 Å². The molecule has 0 fully saturated rings. The van der Waals surface area contributed by atoms with Crippen molar-refractivity contribution in [2.24, 2.45) is 0 Å². The van der Waals surface area contributed by atoms with Gasteiger partial charge in [0.05, 0.1) is 16.5 Å². The highest BCUT2D eigenvalue weighted by atomic mass is 32.2. The van der Waals surface area contributed by atoms with Gasteiger partial charge in [-0.3, -0.25) is 0 Å². The Hall–Kier alpha value is -0.880. The van der Waals surface area contributed by atoms with Crippen LogP contribution in [0.2, 0.25) is 0 Å². The van der Waals surface area contributed by atoms with Gasteiger partial charge in [0.2, 0.25) is 6.20 Å². The van der Waals surface area contributed by atoms with E-state index < -0.39 is 10.1 Å². The molecule has 0 aromatic carbocycles. The SMILES string of the molecule is O=S(=O)([O-])CCCc1[nH+]cco1. The molecule has 68 valence electrons. The molecule has 1 aromatic heterocycles. The van der Waals surface area contributed by atoms with Crippen LogP contribution in [-0.4, -0.2) is 18.7 Å². The van der Waals surface area contributed by atoms with Crippen LogP contribution in [0, 0.1) is 0 Å². The van der Waals surface area contributed by atoms with Gasteiger partial charge in [-0.2, -0.15) is 4.98 Å². The first-order valence-corrected chi connectivity index (χ1v) is 5.03. The molecule has 6 heteroatoms. The molecule has 0 spiro atoms. The molecule has 1 rings (SSSR count). The molecule has 1 aromatic rings. The van der Waals surface area contributed by atoms with Crippen molar-refractivity contribution in [3.8, 4) is 0 Å². The standard InChI is InChI=1S/C6H9NO4S/c8-12(9,10)5-1-2-6-7-3-4-11-6/h3-4H,1-2,5H2,(H,8,9,10). The van der Waals surface area contributed by atoms with Crippen LogP contribution in [0.25, 0.3) is 0 Å². The third-order valence-corrected chi connectivity index (χ3v) is 2.11. The first-order chi connectivity index (χ1) is 5.58. The summed E-state index contributed by atoms with van der Waals surface area (Å²) in [6, 6.07) is 0. The van der Waals surface area contributed by atoms with Crippen molar-refractivity contribution >= 4 is 10.1 Å². The number of aromatic amines is 1. The number of hydrogen-bond donors (Lipinski definition) is 0. The monoisotopic (exact) mass is 191 g/mol. The van der Waals surface area contributed by atoms with Gasteiger partial charge in [-0.15, -0.1) is 0 Å². The zero-order chi connectivity index (χ0) is 9.03. The minimum Gasteiger partial charge on any atom is -0.748 e. The Labute approximate surface area is 70.2 Å². The normalized spacial score (nSPS) is 11.8. The van der Waals surface area contributed by atoms with E-state index in [2.05, 4.69) is 4.98 Å². The number of aromatic nitrogens is 1. The summed E-state index contributed by atoms with van der Waals surface area (Å²) in [5.41, 5.74) is 0. The van der Waals surface area contributed by atoms with Crippen LogP contribution in [0.1, 0.15) is 12.3 Å². The molecule has 1 N–H and O–H groups in total. The molecule has 1 heterocycles. The Morgan fingerprint density at radius 2 is 2.33 bits per heavy atom. The van der Waals surface area contributed by atoms with Crippen LogP contribution >= 0.6 is 0 Å². The maximum Gasteiger partial charge on any atom is 0.345 e. The van der Waals surface area contributed by atoms with Crippen molar-refractivity contribution in [1.82, 2.24) is 0 Å². The second-order valence-corrected chi connectivity index (χ2v) is 3.88. The van der Waals surface area contributed by atoms with Gasteiger partial charge in [0.25, 0.3) is 0 Å². The van der Waals surface area contributed by atoms with E-state index in [1.54, 1.807) is 6.20 Å². The van der Waals surface area contributed by atoms with E-state index in [9.17, 15) is 13.0 Å². The predicted molar refractivity (Wildman–Crippen MR) is 38.1 cm³/mol. The van der Waals surface area contributed by atoms with Gasteiger partial charge in [-0.1, -0.05) is 0 Å². The quantitative estimate of drug-likeness (QED) is 0.604. The fourth-order valence-electron chi connectivity index (χ4n) is 0.818. The van der Waals surface area contributed by atoms with Crippen molar-refractivity contribution in [3.63, 3.8) is 0 Å². The molecule has 5 nitrogen and oxygen atoms in total. The largest absolute Gasteiger partial charge is 0.748 e. The van der Waals surface area contributed by atoms with Gasteiger partial charge in [0.1, 0.15) is 0 Å². The first kappa shape index (κ1) is 9.21. The summed E-state index contributed by atoms with van der Waals surface area (Å²) >= 11 is 0. The fourth-order valence-corrected chi connectivity index (χ4v) is 1.32. The molecule has 0 amide bonds. The summed E-state index contributed by atoms with van der Waals surface area (Å²) < 4.78 is 35.4. The number of oxazole rings is 1. The van der Waals surface area contributed by atoms with Crippen LogP contribution in [0.3, 0.4) is 0 Å². The smallest absolute Gasteiger partial charge is 0.345 e. The van der Waals surface area contributed by atoms with Crippen molar-refractivity contribution < 1.29 is 22.4 Å². The summed E-state index contributed by atoms with van der Waals surface area (Å²) in [6.45, 7) is 0. The average Bonchev–Trinajstić information content (AvgIpc) is 2.36. The minimum absolute atomic E-state index is 0.288. The van der Waals surface area contributed by atoms with E-state index >= 15 is 0 Å². The predicted octanol–water partition coefficient (Wildman–Crippen LogP) is -0.429. The molecule has 0 unspecified atom stereocenters. The Kier molecular flexibility index (Phi) is 2.83. The second-order valence-electron chi connectivity index (χ2n) is 2.35. The summed E-state index contributed by atoms with van der Waals surface area (Å²) in [5.74, 6) is 0.236. The highest BCUT2D eigenvalue weighted by Gasteiger charge is 2.04. The second kappa shape index (κ2) is 3.68. The lowest BCUT2D eigenvalue weighted by molar-refractivity contribution is -0.397. The summed E-state index contributed by atoms with van der Waals surface area (Å²) in [7, 11) is -4.08. The molecule has 0 radical (unpaired) electrons. The number of nitrogens with one attached hydrogen (secondary N) is 1. The van der Waals surface area contributed by atoms with E-state index in [1.165, 1.54) is 6.26 Å². The van der Waals surface area contributed by atoms with Gasteiger partial charge in [-0.25, -0.2) is 8.42 Å². The first-order valence-electron chi connectivity index (χ1n) is 3.45. The summed E-state index contributed by atoms with van der Waals surface area (Å²) in [4.78, 5) is 2.76. The third-order valence-electron chi connectivity index (χ3n) is 1.32. The van der Waals surface area contributed by atoms with Crippen LogP contribution in [0.5, 0.6) is 0 Å². The number of hydrogen-bond acceptors (Lipinski definition) is 4. The highest BCUT2D eigenvalue weighted by molar-refractivity contribution is 7.85. The lowest BCUT2D eigenvalue weighted by Gasteiger charge is -2.02. The Balaban J connectivity index is 2.29. The van der Waals surface area contributed by atoms with Crippen molar-refractivity contribution in [2.45, 2.75) is 12.8 Å². The number of aryl methyl sites for hydroxylation is 1. The molecule has 0 bridgehead atoms. The molecule has 0 aliphatic rings. The van der Waals surface area contributed by atoms with E-state index in [-0.39, 0.29) is 12.2 Å². The van der Waals surface area contributed by atoms with Crippen LogP contribution < -0.4 is 4.98 Å². The molecule has 0 atom stereocenters. The molecule has 12 heavy (non-hydrogen) atoms. The molecule has 0 saturated heterocycles. The zero-order valence-corrected chi connectivity index (χ0v) is 7.13. The van der Waals surface area contributed by atoms with Gasteiger partial charge < -0.3 is 8.97 Å². The van der Waals surface area contributed by atoms with E-state index in [0.29, 0.717) is 12.3 Å². The maximum atomic E-state index is 10.2. The van der Waals surface area contributed by atoms with Gasteiger partial charge in [0.15, 0.2) is 6.26 Å². The Bertz CT molecular complexity index is 315. The number of H-pyrrole nitrogens is 1. The Morgan fingerprint density at radius 3 is 2.83 bits per heavy atom. The van der Waals surface area contributed by atoms with E-state index in [1.807, 2.05) is 0 Å². The van der Waals surface area contributed by atoms with Crippen molar-refractivity contribution in [2.75, 3.05) is 5.75 Å². The molecule has 0 saturated carbocycles. The number of rotatable bonds is 4. The highest BCUT2D eigenvalue weighted by Crippen LogP contribution is 1.97.